The molecule has 1 aromatic heterocycles. The highest BCUT2D eigenvalue weighted by Gasteiger charge is 2.29. The standard InChI is InChI=1S/C23H24F2N4O2/c1-13(2)21(28-22(30)20-16(24)9-7-10-17(20)25)23(31)29(4)12-19-26-14(3)15-8-5-6-11-18(15)27-19/h5-11,13,21H,12H2,1-4H3,(H,28,30)/t21-/m0/s1. The van der Waals surface area contributed by atoms with Gasteiger partial charge in [-0.15, -0.1) is 0 Å². The van der Waals surface area contributed by atoms with Crippen LogP contribution in [0.15, 0.2) is 42.5 Å². The quantitative estimate of drug-likeness (QED) is 0.653. The van der Waals surface area contributed by atoms with Gasteiger partial charge >= 0.3 is 0 Å². The molecule has 0 fully saturated rings. The molecule has 3 rings (SSSR count). The van der Waals surface area contributed by atoms with Crippen LogP contribution in [0.2, 0.25) is 0 Å². The summed E-state index contributed by atoms with van der Waals surface area (Å²) in [5, 5.41) is 3.40. The van der Waals surface area contributed by atoms with Crippen LogP contribution in [0.25, 0.3) is 10.9 Å². The Morgan fingerprint density at radius 1 is 1.03 bits per heavy atom. The molecular formula is C23H24F2N4O2. The van der Waals surface area contributed by atoms with Crippen LogP contribution in [0.4, 0.5) is 8.78 Å². The number of carbonyl (C=O) groups excluding carboxylic acids is 2. The number of amides is 2. The Labute approximate surface area is 179 Å². The Morgan fingerprint density at radius 3 is 2.32 bits per heavy atom. The highest BCUT2D eigenvalue weighted by atomic mass is 19.1. The Kier molecular flexibility index (Phi) is 6.58. The van der Waals surface area contributed by atoms with Crippen molar-refractivity contribution in [3.05, 3.63) is 71.2 Å². The molecule has 0 unspecified atom stereocenters. The lowest BCUT2D eigenvalue weighted by atomic mass is 10.0. The molecule has 0 spiro atoms. The van der Waals surface area contributed by atoms with Crippen molar-refractivity contribution in [2.24, 2.45) is 5.92 Å². The number of hydrogen-bond acceptors (Lipinski definition) is 4. The summed E-state index contributed by atoms with van der Waals surface area (Å²) in [6.45, 7) is 5.48. The van der Waals surface area contributed by atoms with Gasteiger partial charge in [-0.25, -0.2) is 18.7 Å². The molecule has 0 aliphatic rings. The molecule has 6 nitrogen and oxygen atoms in total. The van der Waals surface area contributed by atoms with Gasteiger partial charge in [0.15, 0.2) is 0 Å². The molecule has 162 valence electrons. The fourth-order valence-corrected chi connectivity index (χ4v) is 3.33. The highest BCUT2D eigenvalue weighted by molar-refractivity contribution is 5.98. The van der Waals surface area contributed by atoms with Gasteiger partial charge in [-0.3, -0.25) is 9.59 Å². The van der Waals surface area contributed by atoms with E-state index < -0.39 is 35.1 Å². The lowest BCUT2D eigenvalue weighted by molar-refractivity contribution is -0.133. The number of rotatable bonds is 6. The van der Waals surface area contributed by atoms with Crippen LogP contribution < -0.4 is 5.32 Å². The van der Waals surface area contributed by atoms with E-state index in [4.69, 9.17) is 0 Å². The number of likely N-dealkylation sites (N-methyl/N-ethyl adjacent to an activating group) is 1. The molecular weight excluding hydrogens is 402 g/mol. The van der Waals surface area contributed by atoms with E-state index >= 15 is 0 Å². The van der Waals surface area contributed by atoms with Gasteiger partial charge in [-0.2, -0.15) is 0 Å². The molecule has 1 heterocycles. The third kappa shape index (κ3) is 4.84. The van der Waals surface area contributed by atoms with Gasteiger partial charge in [0, 0.05) is 18.1 Å². The molecule has 1 N–H and O–H groups in total. The molecule has 0 saturated carbocycles. The van der Waals surface area contributed by atoms with Gasteiger partial charge in [0.25, 0.3) is 5.91 Å². The molecule has 0 radical (unpaired) electrons. The zero-order chi connectivity index (χ0) is 22.7. The fraction of sp³-hybridized carbons (Fsp3) is 0.304. The third-order valence-corrected chi connectivity index (χ3v) is 5.00. The average Bonchev–Trinajstić information content (AvgIpc) is 2.71. The summed E-state index contributed by atoms with van der Waals surface area (Å²) in [5.74, 6) is -3.21. The molecule has 3 aromatic rings. The summed E-state index contributed by atoms with van der Waals surface area (Å²) < 4.78 is 27.9. The van der Waals surface area contributed by atoms with E-state index in [-0.39, 0.29) is 12.5 Å². The van der Waals surface area contributed by atoms with Crippen molar-refractivity contribution in [3.63, 3.8) is 0 Å². The van der Waals surface area contributed by atoms with E-state index in [1.54, 1.807) is 20.9 Å². The first-order valence-electron chi connectivity index (χ1n) is 9.91. The highest BCUT2D eigenvalue weighted by Crippen LogP contribution is 2.17. The SMILES string of the molecule is Cc1nc(CN(C)C(=O)[C@@H](NC(=O)c2c(F)cccc2F)C(C)C)nc2ccccc12. The molecule has 1 atom stereocenters. The summed E-state index contributed by atoms with van der Waals surface area (Å²) in [6, 6.07) is 9.77. The molecule has 31 heavy (non-hydrogen) atoms. The predicted octanol–water partition coefficient (Wildman–Crippen LogP) is 3.63. The van der Waals surface area contributed by atoms with Crippen molar-refractivity contribution in [3.8, 4) is 0 Å². The number of aromatic nitrogens is 2. The minimum atomic E-state index is -0.985. The van der Waals surface area contributed by atoms with E-state index in [1.807, 2.05) is 31.2 Å². The van der Waals surface area contributed by atoms with E-state index in [2.05, 4.69) is 15.3 Å². The summed E-state index contributed by atoms with van der Waals surface area (Å²) in [4.78, 5) is 35.9. The topological polar surface area (TPSA) is 75.2 Å². The second kappa shape index (κ2) is 9.16. The maximum Gasteiger partial charge on any atom is 0.257 e. The number of benzene rings is 2. The van der Waals surface area contributed by atoms with Gasteiger partial charge in [0.05, 0.1) is 12.1 Å². The number of nitrogens with one attached hydrogen (secondary N) is 1. The van der Waals surface area contributed by atoms with Gasteiger partial charge < -0.3 is 10.2 Å². The number of halogens is 2. The van der Waals surface area contributed by atoms with E-state index in [1.165, 1.54) is 11.0 Å². The van der Waals surface area contributed by atoms with Crippen molar-refractivity contribution in [2.45, 2.75) is 33.4 Å². The van der Waals surface area contributed by atoms with Crippen LogP contribution in [0, 0.1) is 24.5 Å². The van der Waals surface area contributed by atoms with E-state index in [9.17, 15) is 18.4 Å². The molecule has 2 amide bonds. The predicted molar refractivity (Wildman–Crippen MR) is 113 cm³/mol. The number of aryl methyl sites for hydroxylation is 1. The summed E-state index contributed by atoms with van der Waals surface area (Å²) in [5.41, 5.74) is 0.858. The van der Waals surface area contributed by atoms with Crippen LogP contribution >= 0.6 is 0 Å². The van der Waals surface area contributed by atoms with Crippen LogP contribution in [0.5, 0.6) is 0 Å². The first-order valence-corrected chi connectivity index (χ1v) is 9.91. The van der Waals surface area contributed by atoms with Gasteiger partial charge in [-0.1, -0.05) is 38.1 Å². The zero-order valence-corrected chi connectivity index (χ0v) is 17.8. The van der Waals surface area contributed by atoms with Crippen molar-refractivity contribution in [1.82, 2.24) is 20.2 Å². The Bertz CT molecular complexity index is 1110. The first kappa shape index (κ1) is 22.3. The number of fused-ring (bicyclic) bond motifs is 1. The molecule has 0 bridgehead atoms. The number of hydrogen-bond donors (Lipinski definition) is 1. The van der Waals surface area contributed by atoms with Gasteiger partial charge in [0.2, 0.25) is 5.91 Å². The van der Waals surface area contributed by atoms with Crippen molar-refractivity contribution < 1.29 is 18.4 Å². The van der Waals surface area contributed by atoms with Crippen molar-refractivity contribution in [2.75, 3.05) is 7.05 Å². The second-order valence-corrected chi connectivity index (χ2v) is 7.73. The largest absolute Gasteiger partial charge is 0.340 e. The molecule has 8 heteroatoms. The maximum atomic E-state index is 14.0. The summed E-state index contributed by atoms with van der Waals surface area (Å²) in [7, 11) is 1.57. The first-order chi connectivity index (χ1) is 14.7. The van der Waals surface area contributed by atoms with Crippen LogP contribution in [-0.2, 0) is 11.3 Å². The average molecular weight is 426 g/mol. The van der Waals surface area contributed by atoms with Crippen LogP contribution in [-0.4, -0.2) is 39.8 Å². The lowest BCUT2D eigenvalue weighted by Gasteiger charge is -2.27. The Balaban J connectivity index is 1.79. The Hall–Kier alpha value is -3.42. The zero-order valence-electron chi connectivity index (χ0n) is 17.8. The summed E-state index contributed by atoms with van der Waals surface area (Å²) in [6.07, 6.45) is 0. The third-order valence-electron chi connectivity index (χ3n) is 5.00. The lowest BCUT2D eigenvalue weighted by Crippen LogP contribution is -2.50. The van der Waals surface area contributed by atoms with Crippen LogP contribution in [0.1, 0.15) is 35.7 Å². The molecule has 0 saturated heterocycles. The number of para-hydroxylation sites is 1. The van der Waals surface area contributed by atoms with Crippen LogP contribution in [0.3, 0.4) is 0 Å². The minimum absolute atomic E-state index is 0.123. The van der Waals surface area contributed by atoms with Gasteiger partial charge in [0.1, 0.15) is 29.1 Å². The molecule has 0 aliphatic heterocycles. The molecule has 2 aromatic carbocycles. The minimum Gasteiger partial charge on any atom is -0.340 e. The number of carbonyl (C=O) groups is 2. The number of nitrogens with zero attached hydrogens (tertiary/aromatic N) is 3. The maximum absolute atomic E-state index is 14.0. The van der Waals surface area contributed by atoms with Gasteiger partial charge in [-0.05, 0) is 31.0 Å². The second-order valence-electron chi connectivity index (χ2n) is 7.73. The normalized spacial score (nSPS) is 12.1. The van der Waals surface area contributed by atoms with E-state index in [0.29, 0.717) is 5.82 Å². The fourth-order valence-electron chi connectivity index (χ4n) is 3.33. The molecule has 0 aliphatic carbocycles. The Morgan fingerprint density at radius 2 is 1.68 bits per heavy atom. The smallest absolute Gasteiger partial charge is 0.257 e. The summed E-state index contributed by atoms with van der Waals surface area (Å²) >= 11 is 0. The van der Waals surface area contributed by atoms with E-state index in [0.717, 1.165) is 28.7 Å². The van der Waals surface area contributed by atoms with Crippen molar-refractivity contribution >= 4 is 22.7 Å². The monoisotopic (exact) mass is 426 g/mol. The van der Waals surface area contributed by atoms with Crippen molar-refractivity contribution in [1.29, 1.82) is 0 Å².